The smallest absolute Gasteiger partial charge is 0.0294 e. The molecule has 1 aliphatic carbocycles. The zero-order valence-electron chi connectivity index (χ0n) is 8.05. The average molecular weight is 274 g/mol. The Bertz CT molecular complexity index is 307. The first-order valence-electron chi connectivity index (χ1n) is 5.12. The average Bonchev–Trinajstić information content (AvgIpc) is 2.10. The van der Waals surface area contributed by atoms with Crippen LogP contribution in [-0.2, 0) is 0 Å². The van der Waals surface area contributed by atoms with Gasteiger partial charge in [0.15, 0.2) is 0 Å². The van der Waals surface area contributed by atoms with Crippen LogP contribution >= 0.6 is 27.5 Å². The summed E-state index contributed by atoms with van der Waals surface area (Å²) in [5.74, 6) is 2.13. The van der Waals surface area contributed by atoms with Crippen LogP contribution in [-0.4, -0.2) is 5.88 Å². The summed E-state index contributed by atoms with van der Waals surface area (Å²) in [7, 11) is 0. The standard InChI is InChI=1S/C12H14BrCl/c13-11-6-2-5-10(7-11)12(8-14)9-3-1-4-9/h2,5-7,9,12H,1,3-4,8H2. The summed E-state index contributed by atoms with van der Waals surface area (Å²) in [5, 5.41) is 0. The lowest BCUT2D eigenvalue weighted by atomic mass is 9.74. The van der Waals surface area contributed by atoms with Gasteiger partial charge in [0, 0.05) is 16.3 Å². The summed E-state index contributed by atoms with van der Waals surface area (Å²) >= 11 is 9.55. The van der Waals surface area contributed by atoms with E-state index in [1.54, 1.807) is 0 Å². The van der Waals surface area contributed by atoms with Gasteiger partial charge in [-0.2, -0.15) is 0 Å². The molecular formula is C12H14BrCl. The highest BCUT2D eigenvalue weighted by Gasteiger charge is 2.27. The number of hydrogen-bond donors (Lipinski definition) is 0. The van der Waals surface area contributed by atoms with Crippen LogP contribution in [0.15, 0.2) is 28.7 Å². The van der Waals surface area contributed by atoms with Crippen molar-refractivity contribution in [3.05, 3.63) is 34.3 Å². The van der Waals surface area contributed by atoms with Crippen molar-refractivity contribution < 1.29 is 0 Å². The van der Waals surface area contributed by atoms with Crippen molar-refractivity contribution in [2.45, 2.75) is 25.2 Å². The summed E-state index contributed by atoms with van der Waals surface area (Å²) in [6.45, 7) is 0. The van der Waals surface area contributed by atoms with Gasteiger partial charge in [0.25, 0.3) is 0 Å². The highest BCUT2D eigenvalue weighted by atomic mass is 79.9. The Balaban J connectivity index is 2.17. The van der Waals surface area contributed by atoms with Crippen molar-refractivity contribution in [2.24, 2.45) is 5.92 Å². The van der Waals surface area contributed by atoms with Crippen molar-refractivity contribution in [1.29, 1.82) is 0 Å². The molecule has 2 heteroatoms. The fourth-order valence-corrected chi connectivity index (χ4v) is 2.91. The molecule has 76 valence electrons. The van der Waals surface area contributed by atoms with Crippen LogP contribution in [0.4, 0.5) is 0 Å². The molecule has 0 radical (unpaired) electrons. The third-order valence-corrected chi connectivity index (χ3v) is 3.99. The molecule has 0 bridgehead atoms. The second kappa shape index (κ2) is 4.67. The number of benzene rings is 1. The minimum atomic E-state index is 0.558. The summed E-state index contributed by atoms with van der Waals surface area (Å²) in [5.41, 5.74) is 1.39. The maximum absolute atomic E-state index is 6.05. The van der Waals surface area contributed by atoms with Crippen molar-refractivity contribution in [3.63, 3.8) is 0 Å². The van der Waals surface area contributed by atoms with Gasteiger partial charge in [0.05, 0.1) is 0 Å². The molecule has 1 aromatic rings. The van der Waals surface area contributed by atoms with Crippen LogP contribution in [0, 0.1) is 5.92 Å². The van der Waals surface area contributed by atoms with Crippen LogP contribution in [0.1, 0.15) is 30.7 Å². The van der Waals surface area contributed by atoms with Crippen molar-refractivity contribution >= 4 is 27.5 Å². The molecule has 0 amide bonds. The van der Waals surface area contributed by atoms with Crippen LogP contribution in [0.5, 0.6) is 0 Å². The first kappa shape index (κ1) is 10.5. The predicted molar refractivity (Wildman–Crippen MR) is 64.9 cm³/mol. The Morgan fingerprint density at radius 1 is 1.43 bits per heavy atom. The van der Waals surface area contributed by atoms with Gasteiger partial charge in [-0.3, -0.25) is 0 Å². The fraction of sp³-hybridized carbons (Fsp3) is 0.500. The van der Waals surface area contributed by atoms with E-state index in [1.807, 2.05) is 0 Å². The largest absolute Gasteiger partial charge is 0.126 e. The summed E-state index contributed by atoms with van der Waals surface area (Å²) in [6, 6.07) is 8.55. The van der Waals surface area contributed by atoms with Crippen LogP contribution in [0.3, 0.4) is 0 Å². The lowest BCUT2D eigenvalue weighted by Crippen LogP contribution is -2.21. The molecule has 0 N–H and O–H groups in total. The Hall–Kier alpha value is -0.0100. The molecule has 1 aromatic carbocycles. The van der Waals surface area contributed by atoms with Gasteiger partial charge in [0.2, 0.25) is 0 Å². The molecule has 1 aliphatic rings. The summed E-state index contributed by atoms with van der Waals surface area (Å²) < 4.78 is 1.16. The third kappa shape index (κ3) is 2.14. The van der Waals surface area contributed by atoms with Crippen LogP contribution in [0.2, 0.25) is 0 Å². The Labute approximate surface area is 98.8 Å². The second-order valence-electron chi connectivity index (χ2n) is 4.01. The van der Waals surface area contributed by atoms with E-state index in [0.717, 1.165) is 16.3 Å². The highest BCUT2D eigenvalue weighted by molar-refractivity contribution is 9.10. The monoisotopic (exact) mass is 272 g/mol. The molecule has 1 atom stereocenters. The maximum atomic E-state index is 6.05. The minimum Gasteiger partial charge on any atom is -0.126 e. The van der Waals surface area contributed by atoms with E-state index < -0.39 is 0 Å². The molecule has 0 aliphatic heterocycles. The van der Waals surface area contributed by atoms with Crippen molar-refractivity contribution in [3.8, 4) is 0 Å². The zero-order chi connectivity index (χ0) is 9.97. The SMILES string of the molecule is ClCC(c1cccc(Br)c1)C1CCC1. The number of rotatable bonds is 3. The van der Waals surface area contributed by atoms with E-state index >= 15 is 0 Å². The Morgan fingerprint density at radius 3 is 2.71 bits per heavy atom. The zero-order valence-corrected chi connectivity index (χ0v) is 10.4. The number of hydrogen-bond acceptors (Lipinski definition) is 0. The topological polar surface area (TPSA) is 0 Å². The van der Waals surface area contributed by atoms with Gasteiger partial charge in [-0.1, -0.05) is 34.5 Å². The third-order valence-electron chi connectivity index (χ3n) is 3.16. The van der Waals surface area contributed by atoms with Gasteiger partial charge in [-0.05, 0) is 36.5 Å². The molecule has 0 saturated heterocycles. The summed E-state index contributed by atoms with van der Waals surface area (Å²) in [4.78, 5) is 0. The highest BCUT2D eigenvalue weighted by Crippen LogP contribution is 2.40. The molecular weight excluding hydrogens is 259 g/mol. The Morgan fingerprint density at radius 2 is 2.21 bits per heavy atom. The van der Waals surface area contributed by atoms with Gasteiger partial charge in [-0.25, -0.2) is 0 Å². The summed E-state index contributed by atoms with van der Waals surface area (Å²) in [6.07, 6.45) is 4.08. The molecule has 0 aromatic heterocycles. The minimum absolute atomic E-state index is 0.558. The van der Waals surface area contributed by atoms with E-state index in [-0.39, 0.29) is 0 Å². The first-order valence-corrected chi connectivity index (χ1v) is 6.45. The van der Waals surface area contributed by atoms with E-state index in [0.29, 0.717) is 5.92 Å². The lowest BCUT2D eigenvalue weighted by molar-refractivity contribution is 0.274. The number of alkyl halides is 1. The fourth-order valence-electron chi connectivity index (χ4n) is 2.07. The van der Waals surface area contributed by atoms with Crippen molar-refractivity contribution in [2.75, 3.05) is 5.88 Å². The van der Waals surface area contributed by atoms with Crippen molar-refractivity contribution in [1.82, 2.24) is 0 Å². The van der Waals surface area contributed by atoms with Crippen LogP contribution < -0.4 is 0 Å². The predicted octanol–water partition coefficient (Wildman–Crippen LogP) is 4.57. The van der Waals surface area contributed by atoms with Gasteiger partial charge < -0.3 is 0 Å². The Kier molecular flexibility index (Phi) is 3.51. The first-order chi connectivity index (χ1) is 6.81. The maximum Gasteiger partial charge on any atom is 0.0294 e. The molecule has 0 spiro atoms. The van der Waals surface area contributed by atoms with E-state index in [2.05, 4.69) is 40.2 Å². The molecule has 1 unspecified atom stereocenters. The number of halogens is 2. The lowest BCUT2D eigenvalue weighted by Gasteiger charge is -2.33. The molecule has 2 rings (SSSR count). The van der Waals surface area contributed by atoms with E-state index in [4.69, 9.17) is 11.6 Å². The molecule has 1 fully saturated rings. The molecule has 14 heavy (non-hydrogen) atoms. The normalized spacial score (nSPS) is 19.0. The second-order valence-corrected chi connectivity index (χ2v) is 5.23. The molecule has 0 nitrogen and oxygen atoms in total. The molecule has 1 saturated carbocycles. The molecule has 0 heterocycles. The van der Waals surface area contributed by atoms with E-state index in [9.17, 15) is 0 Å². The quantitative estimate of drug-likeness (QED) is 0.708. The van der Waals surface area contributed by atoms with Gasteiger partial charge >= 0.3 is 0 Å². The van der Waals surface area contributed by atoms with E-state index in [1.165, 1.54) is 24.8 Å². The van der Waals surface area contributed by atoms with Gasteiger partial charge in [-0.15, -0.1) is 11.6 Å². The van der Waals surface area contributed by atoms with Gasteiger partial charge in [0.1, 0.15) is 0 Å². The van der Waals surface area contributed by atoms with Crippen LogP contribution in [0.25, 0.3) is 0 Å².